The molecule has 2 aromatic rings. The van der Waals surface area contributed by atoms with Gasteiger partial charge in [-0.25, -0.2) is 4.98 Å². The van der Waals surface area contributed by atoms with Gasteiger partial charge in [0.1, 0.15) is 0 Å². The second-order valence-electron chi connectivity index (χ2n) is 3.04. The predicted octanol–water partition coefficient (Wildman–Crippen LogP) is 1.80. The van der Waals surface area contributed by atoms with Crippen molar-refractivity contribution in [3.63, 3.8) is 0 Å². The van der Waals surface area contributed by atoms with E-state index in [1.54, 1.807) is 12.3 Å². The van der Waals surface area contributed by atoms with Crippen LogP contribution in [0.25, 0.3) is 5.69 Å². The number of esters is 1. The Balaban J connectivity index is 2.31. The van der Waals surface area contributed by atoms with Gasteiger partial charge < -0.3 is 9.30 Å². The molecule has 4 heteroatoms. The van der Waals surface area contributed by atoms with Gasteiger partial charge in [-0.2, -0.15) is 0 Å². The van der Waals surface area contributed by atoms with Crippen molar-refractivity contribution in [2.45, 2.75) is 6.92 Å². The number of hydrogen-bond donors (Lipinski definition) is 0. The average molecular weight is 202 g/mol. The minimum absolute atomic E-state index is 0.314. The number of rotatable bonds is 2. The number of hydrogen-bond acceptors (Lipinski definition) is 3. The van der Waals surface area contributed by atoms with E-state index in [9.17, 15) is 4.79 Å². The number of aromatic nitrogens is 2. The smallest absolute Gasteiger partial charge is 0.309 e. The Hall–Kier alpha value is -2.10. The van der Waals surface area contributed by atoms with Crippen LogP contribution in [0.4, 0.5) is 0 Å². The standard InChI is InChI=1S/C11H10N2O2/c1-9(14)15-11-8-10(4-5-12-11)13-6-2-3-7-13/h2-8H,1H3. The first-order valence-corrected chi connectivity index (χ1v) is 4.53. The summed E-state index contributed by atoms with van der Waals surface area (Å²) in [7, 11) is 0. The fourth-order valence-corrected chi connectivity index (χ4v) is 1.27. The average Bonchev–Trinajstić information content (AvgIpc) is 2.69. The molecule has 0 bridgehead atoms. The van der Waals surface area contributed by atoms with Crippen molar-refractivity contribution < 1.29 is 9.53 Å². The second kappa shape index (κ2) is 3.96. The summed E-state index contributed by atoms with van der Waals surface area (Å²) in [6.07, 6.45) is 5.42. The van der Waals surface area contributed by atoms with E-state index >= 15 is 0 Å². The van der Waals surface area contributed by atoms with Gasteiger partial charge in [-0.1, -0.05) is 0 Å². The van der Waals surface area contributed by atoms with Crippen LogP contribution in [0.3, 0.4) is 0 Å². The molecule has 4 nitrogen and oxygen atoms in total. The lowest BCUT2D eigenvalue weighted by Gasteiger charge is -2.04. The first-order valence-electron chi connectivity index (χ1n) is 4.53. The monoisotopic (exact) mass is 202 g/mol. The summed E-state index contributed by atoms with van der Waals surface area (Å²) in [6, 6.07) is 7.40. The van der Waals surface area contributed by atoms with E-state index in [0.717, 1.165) is 5.69 Å². The zero-order valence-electron chi connectivity index (χ0n) is 8.25. The van der Waals surface area contributed by atoms with Gasteiger partial charge in [-0.15, -0.1) is 0 Å². The Morgan fingerprint density at radius 2 is 2.13 bits per heavy atom. The second-order valence-corrected chi connectivity index (χ2v) is 3.04. The van der Waals surface area contributed by atoms with Crippen LogP contribution in [0.1, 0.15) is 6.92 Å². The van der Waals surface area contributed by atoms with Crippen LogP contribution in [0.5, 0.6) is 5.88 Å². The van der Waals surface area contributed by atoms with E-state index in [1.165, 1.54) is 6.92 Å². The van der Waals surface area contributed by atoms with E-state index in [-0.39, 0.29) is 5.97 Å². The predicted molar refractivity (Wildman–Crippen MR) is 54.9 cm³/mol. The summed E-state index contributed by atoms with van der Waals surface area (Å²) in [5.74, 6) is -0.0548. The highest BCUT2D eigenvalue weighted by Crippen LogP contribution is 2.13. The number of carbonyl (C=O) groups excluding carboxylic acids is 1. The number of ether oxygens (including phenoxy) is 1. The van der Waals surface area contributed by atoms with Crippen molar-refractivity contribution in [1.82, 2.24) is 9.55 Å². The zero-order valence-corrected chi connectivity index (χ0v) is 8.25. The molecular formula is C11H10N2O2. The molecular weight excluding hydrogens is 192 g/mol. The van der Waals surface area contributed by atoms with Crippen molar-refractivity contribution in [3.8, 4) is 11.6 Å². The van der Waals surface area contributed by atoms with Gasteiger partial charge in [0.15, 0.2) is 0 Å². The Morgan fingerprint density at radius 3 is 2.80 bits per heavy atom. The van der Waals surface area contributed by atoms with E-state index in [1.807, 2.05) is 35.2 Å². The Kier molecular flexibility index (Phi) is 2.49. The maximum absolute atomic E-state index is 10.7. The highest BCUT2D eigenvalue weighted by atomic mass is 16.5. The molecule has 0 aliphatic carbocycles. The molecule has 0 unspecified atom stereocenters. The van der Waals surface area contributed by atoms with Crippen molar-refractivity contribution in [1.29, 1.82) is 0 Å². The minimum atomic E-state index is -0.368. The lowest BCUT2D eigenvalue weighted by Crippen LogP contribution is -2.03. The van der Waals surface area contributed by atoms with Crippen molar-refractivity contribution in [3.05, 3.63) is 42.9 Å². The molecule has 0 atom stereocenters. The fourth-order valence-electron chi connectivity index (χ4n) is 1.27. The SMILES string of the molecule is CC(=O)Oc1cc(-n2cccc2)ccn1. The minimum Gasteiger partial charge on any atom is -0.408 e. The lowest BCUT2D eigenvalue weighted by molar-refractivity contribution is -0.132. The molecule has 0 N–H and O–H groups in total. The number of pyridine rings is 1. The molecule has 2 heterocycles. The van der Waals surface area contributed by atoms with E-state index < -0.39 is 0 Å². The summed E-state index contributed by atoms with van der Waals surface area (Å²) in [5.41, 5.74) is 0.909. The van der Waals surface area contributed by atoms with Crippen LogP contribution in [-0.4, -0.2) is 15.5 Å². The number of nitrogens with zero attached hydrogens (tertiary/aromatic N) is 2. The maximum atomic E-state index is 10.7. The normalized spacial score (nSPS) is 9.93. The summed E-state index contributed by atoms with van der Waals surface area (Å²) >= 11 is 0. The molecule has 2 aromatic heterocycles. The molecule has 0 amide bonds. The third-order valence-corrected chi connectivity index (χ3v) is 1.87. The highest BCUT2D eigenvalue weighted by molar-refractivity contribution is 5.68. The highest BCUT2D eigenvalue weighted by Gasteiger charge is 2.01. The first-order chi connectivity index (χ1) is 7.25. The van der Waals surface area contributed by atoms with E-state index in [2.05, 4.69) is 4.98 Å². The molecule has 0 radical (unpaired) electrons. The summed E-state index contributed by atoms with van der Waals surface area (Å²) in [4.78, 5) is 14.7. The van der Waals surface area contributed by atoms with Crippen molar-refractivity contribution in [2.75, 3.05) is 0 Å². The molecule has 76 valence electrons. The van der Waals surface area contributed by atoms with Gasteiger partial charge in [0.2, 0.25) is 5.88 Å². The molecule has 0 spiro atoms. The zero-order chi connectivity index (χ0) is 10.7. The van der Waals surface area contributed by atoms with Crippen LogP contribution >= 0.6 is 0 Å². The van der Waals surface area contributed by atoms with Gasteiger partial charge in [-0.3, -0.25) is 4.79 Å². The van der Waals surface area contributed by atoms with Gasteiger partial charge in [0.25, 0.3) is 0 Å². The van der Waals surface area contributed by atoms with Crippen molar-refractivity contribution >= 4 is 5.97 Å². The van der Waals surface area contributed by atoms with Gasteiger partial charge in [-0.05, 0) is 18.2 Å². The van der Waals surface area contributed by atoms with Crippen LogP contribution in [0, 0.1) is 0 Å². The topological polar surface area (TPSA) is 44.1 Å². The Morgan fingerprint density at radius 1 is 1.40 bits per heavy atom. The van der Waals surface area contributed by atoms with Crippen LogP contribution in [-0.2, 0) is 4.79 Å². The quantitative estimate of drug-likeness (QED) is 0.697. The van der Waals surface area contributed by atoms with Gasteiger partial charge in [0, 0.05) is 31.6 Å². The largest absolute Gasteiger partial charge is 0.408 e. The molecule has 0 aliphatic heterocycles. The molecule has 0 fully saturated rings. The van der Waals surface area contributed by atoms with Gasteiger partial charge in [0.05, 0.1) is 5.69 Å². The fraction of sp³-hybridized carbons (Fsp3) is 0.0909. The third-order valence-electron chi connectivity index (χ3n) is 1.87. The summed E-state index contributed by atoms with van der Waals surface area (Å²) in [6.45, 7) is 1.35. The Labute approximate surface area is 87.1 Å². The molecule has 2 rings (SSSR count). The van der Waals surface area contributed by atoms with E-state index in [4.69, 9.17) is 4.74 Å². The van der Waals surface area contributed by atoms with Crippen LogP contribution in [0.2, 0.25) is 0 Å². The van der Waals surface area contributed by atoms with Crippen LogP contribution < -0.4 is 4.74 Å². The molecule has 0 saturated carbocycles. The van der Waals surface area contributed by atoms with E-state index in [0.29, 0.717) is 5.88 Å². The first kappa shape index (κ1) is 9.45. The molecule has 0 saturated heterocycles. The van der Waals surface area contributed by atoms with Gasteiger partial charge >= 0.3 is 5.97 Å². The summed E-state index contributed by atoms with van der Waals surface area (Å²) < 4.78 is 6.80. The summed E-state index contributed by atoms with van der Waals surface area (Å²) in [5, 5.41) is 0. The number of carbonyl (C=O) groups is 1. The third kappa shape index (κ3) is 2.22. The van der Waals surface area contributed by atoms with Crippen molar-refractivity contribution in [2.24, 2.45) is 0 Å². The van der Waals surface area contributed by atoms with Crippen LogP contribution in [0.15, 0.2) is 42.9 Å². The molecule has 0 aromatic carbocycles. The molecule has 0 aliphatic rings. The lowest BCUT2D eigenvalue weighted by atomic mass is 10.4. The Bertz CT molecular complexity index is 463. The maximum Gasteiger partial charge on any atom is 0.309 e. The molecule has 15 heavy (non-hydrogen) atoms.